The van der Waals surface area contributed by atoms with Gasteiger partial charge in [-0.3, -0.25) is 14.5 Å². The van der Waals surface area contributed by atoms with Gasteiger partial charge in [-0.2, -0.15) is 0 Å². The minimum Gasteiger partial charge on any atom is -0.467 e. The highest BCUT2D eigenvalue weighted by atomic mass is 16.5. The molecule has 0 radical (unpaired) electrons. The van der Waals surface area contributed by atoms with Crippen LogP contribution in [0.4, 0.5) is 0 Å². The molecule has 184 valence electrons. The quantitative estimate of drug-likeness (QED) is 0.535. The van der Waals surface area contributed by atoms with E-state index in [-0.39, 0.29) is 24.3 Å². The highest BCUT2D eigenvalue weighted by Crippen LogP contribution is 2.25. The molecule has 1 aliphatic heterocycles. The zero-order chi connectivity index (χ0) is 23.6. The summed E-state index contributed by atoms with van der Waals surface area (Å²) < 4.78 is 11.0. The van der Waals surface area contributed by atoms with E-state index in [1.807, 2.05) is 47.4 Å². The van der Waals surface area contributed by atoms with Crippen molar-refractivity contribution >= 4 is 11.8 Å². The molecular weight excluding hydrogens is 430 g/mol. The molecule has 1 aromatic carbocycles. The Morgan fingerprint density at radius 2 is 1.68 bits per heavy atom. The average molecular weight is 468 g/mol. The van der Waals surface area contributed by atoms with Crippen LogP contribution in [0.2, 0.25) is 0 Å². The number of nitrogens with zero attached hydrogens (tertiary/aromatic N) is 3. The first-order valence-corrected chi connectivity index (χ1v) is 12.6. The normalized spacial score (nSPS) is 17.4. The number of amides is 2. The highest BCUT2D eigenvalue weighted by molar-refractivity contribution is 5.86. The van der Waals surface area contributed by atoms with Crippen molar-refractivity contribution in [1.82, 2.24) is 14.7 Å². The first-order valence-electron chi connectivity index (χ1n) is 12.6. The molecule has 2 heterocycles. The predicted molar refractivity (Wildman–Crippen MR) is 130 cm³/mol. The van der Waals surface area contributed by atoms with E-state index in [1.165, 1.54) is 6.42 Å². The van der Waals surface area contributed by atoms with Crippen LogP contribution in [0.15, 0.2) is 53.1 Å². The maximum absolute atomic E-state index is 13.6. The van der Waals surface area contributed by atoms with Crippen LogP contribution in [-0.2, 0) is 27.4 Å². The molecule has 2 fully saturated rings. The van der Waals surface area contributed by atoms with Gasteiger partial charge in [0, 0.05) is 38.6 Å². The summed E-state index contributed by atoms with van der Waals surface area (Å²) in [7, 11) is 0. The van der Waals surface area contributed by atoms with Crippen molar-refractivity contribution in [2.75, 3.05) is 45.9 Å². The second kappa shape index (κ2) is 12.7. The second-order valence-electron chi connectivity index (χ2n) is 9.36. The Labute approximate surface area is 202 Å². The van der Waals surface area contributed by atoms with Crippen LogP contribution in [0, 0.1) is 5.92 Å². The van der Waals surface area contributed by atoms with Crippen molar-refractivity contribution in [3.8, 4) is 0 Å². The average Bonchev–Trinajstić information content (AvgIpc) is 3.40. The number of carbonyl (C=O) groups is 2. The molecular formula is C27H37N3O4. The Bertz CT molecular complexity index is 875. The van der Waals surface area contributed by atoms with Gasteiger partial charge in [-0.15, -0.1) is 0 Å². The van der Waals surface area contributed by atoms with Gasteiger partial charge in [0.2, 0.25) is 11.8 Å². The van der Waals surface area contributed by atoms with Gasteiger partial charge in [0.25, 0.3) is 0 Å². The minimum absolute atomic E-state index is 0.0406. The summed E-state index contributed by atoms with van der Waals surface area (Å²) in [5, 5.41) is 0. The van der Waals surface area contributed by atoms with Crippen LogP contribution in [0.1, 0.15) is 43.4 Å². The van der Waals surface area contributed by atoms with E-state index in [0.29, 0.717) is 19.6 Å². The second-order valence-corrected chi connectivity index (χ2v) is 9.36. The summed E-state index contributed by atoms with van der Waals surface area (Å²) in [4.78, 5) is 33.0. The number of benzene rings is 1. The first-order chi connectivity index (χ1) is 16.7. The Balaban J connectivity index is 1.46. The van der Waals surface area contributed by atoms with Gasteiger partial charge in [-0.1, -0.05) is 49.6 Å². The van der Waals surface area contributed by atoms with E-state index >= 15 is 0 Å². The monoisotopic (exact) mass is 467 g/mol. The number of ether oxygens (including phenoxy) is 1. The molecule has 7 nitrogen and oxygen atoms in total. The molecule has 1 aromatic heterocycles. The fourth-order valence-electron chi connectivity index (χ4n) is 4.85. The molecule has 2 amide bonds. The third-order valence-electron chi connectivity index (χ3n) is 6.88. The smallest absolute Gasteiger partial charge is 0.242 e. The van der Waals surface area contributed by atoms with Crippen molar-refractivity contribution in [1.29, 1.82) is 0 Å². The lowest BCUT2D eigenvalue weighted by Gasteiger charge is -2.33. The Morgan fingerprint density at radius 1 is 0.912 bits per heavy atom. The molecule has 0 atom stereocenters. The van der Waals surface area contributed by atoms with Crippen molar-refractivity contribution in [3.63, 3.8) is 0 Å². The molecule has 0 N–H and O–H groups in total. The molecule has 7 heteroatoms. The molecule has 4 rings (SSSR count). The van der Waals surface area contributed by atoms with Crippen LogP contribution in [0.3, 0.4) is 0 Å². The van der Waals surface area contributed by atoms with Crippen LogP contribution in [0.5, 0.6) is 0 Å². The molecule has 2 aromatic rings. The van der Waals surface area contributed by atoms with Crippen LogP contribution < -0.4 is 0 Å². The molecule has 0 bridgehead atoms. The van der Waals surface area contributed by atoms with Crippen LogP contribution in [-0.4, -0.2) is 72.5 Å². The first kappa shape index (κ1) is 24.5. The summed E-state index contributed by atoms with van der Waals surface area (Å²) in [6.07, 6.45) is 6.88. The van der Waals surface area contributed by atoms with Gasteiger partial charge in [0.15, 0.2) is 0 Å². The predicted octanol–water partition coefficient (Wildman–Crippen LogP) is 3.55. The standard InChI is InChI=1S/C27H37N3O4/c31-26(30(21-25-12-7-17-34-25)20-23-8-3-1-4-9-23)22-29(14-13-28-15-18-33-19-16-28)27(32)24-10-5-2-6-11-24/h1,3-4,7-9,12,17,24H,2,5-6,10-11,13-16,18-22H2. The van der Waals surface area contributed by atoms with E-state index in [4.69, 9.17) is 9.15 Å². The Kier molecular flexibility index (Phi) is 9.16. The van der Waals surface area contributed by atoms with Crippen molar-refractivity contribution in [3.05, 3.63) is 60.1 Å². The van der Waals surface area contributed by atoms with E-state index in [0.717, 1.165) is 69.9 Å². The van der Waals surface area contributed by atoms with Crippen molar-refractivity contribution < 1.29 is 18.7 Å². The Hall–Kier alpha value is -2.64. The number of carbonyl (C=O) groups excluding carboxylic acids is 2. The van der Waals surface area contributed by atoms with Crippen LogP contribution >= 0.6 is 0 Å². The largest absolute Gasteiger partial charge is 0.467 e. The lowest BCUT2D eigenvalue weighted by Crippen LogP contribution is -2.48. The summed E-state index contributed by atoms with van der Waals surface area (Å²) in [6.45, 7) is 5.51. The van der Waals surface area contributed by atoms with E-state index in [1.54, 1.807) is 11.2 Å². The fourth-order valence-corrected chi connectivity index (χ4v) is 4.85. The van der Waals surface area contributed by atoms with Gasteiger partial charge in [-0.25, -0.2) is 0 Å². The zero-order valence-corrected chi connectivity index (χ0v) is 20.1. The third-order valence-corrected chi connectivity index (χ3v) is 6.88. The van der Waals surface area contributed by atoms with Crippen molar-refractivity contribution in [2.45, 2.75) is 45.2 Å². The van der Waals surface area contributed by atoms with Gasteiger partial charge >= 0.3 is 0 Å². The molecule has 0 spiro atoms. The van der Waals surface area contributed by atoms with Gasteiger partial charge < -0.3 is 19.0 Å². The molecule has 0 unspecified atom stereocenters. The molecule has 1 saturated carbocycles. The summed E-state index contributed by atoms with van der Waals surface area (Å²) in [5.41, 5.74) is 1.06. The summed E-state index contributed by atoms with van der Waals surface area (Å²) >= 11 is 0. The third kappa shape index (κ3) is 7.18. The minimum atomic E-state index is -0.0496. The number of hydrogen-bond donors (Lipinski definition) is 0. The maximum atomic E-state index is 13.6. The lowest BCUT2D eigenvalue weighted by molar-refractivity contribution is -0.144. The van der Waals surface area contributed by atoms with E-state index in [9.17, 15) is 9.59 Å². The number of hydrogen-bond acceptors (Lipinski definition) is 5. The molecule has 34 heavy (non-hydrogen) atoms. The van der Waals surface area contributed by atoms with Crippen LogP contribution in [0.25, 0.3) is 0 Å². The van der Waals surface area contributed by atoms with Gasteiger partial charge in [0.1, 0.15) is 5.76 Å². The maximum Gasteiger partial charge on any atom is 0.242 e. The summed E-state index contributed by atoms with van der Waals surface area (Å²) in [5.74, 6) is 0.868. The zero-order valence-electron chi connectivity index (χ0n) is 20.1. The number of rotatable bonds is 10. The number of furan rings is 1. The van der Waals surface area contributed by atoms with Crippen molar-refractivity contribution in [2.24, 2.45) is 5.92 Å². The fraction of sp³-hybridized carbons (Fsp3) is 0.556. The van der Waals surface area contributed by atoms with E-state index in [2.05, 4.69) is 4.90 Å². The lowest BCUT2D eigenvalue weighted by atomic mass is 9.88. The highest BCUT2D eigenvalue weighted by Gasteiger charge is 2.29. The topological polar surface area (TPSA) is 66.2 Å². The molecule has 2 aliphatic rings. The van der Waals surface area contributed by atoms with E-state index < -0.39 is 0 Å². The SMILES string of the molecule is O=C(CN(CCN1CCOCC1)C(=O)C1CCCCC1)N(Cc1ccccc1)Cc1ccco1. The molecule has 1 aliphatic carbocycles. The molecule has 1 saturated heterocycles. The van der Waals surface area contributed by atoms with Gasteiger partial charge in [-0.05, 0) is 30.5 Å². The van der Waals surface area contributed by atoms with Gasteiger partial charge in [0.05, 0.1) is 32.6 Å². The Morgan fingerprint density at radius 3 is 2.38 bits per heavy atom. The summed E-state index contributed by atoms with van der Waals surface area (Å²) in [6, 6.07) is 13.7. The number of morpholine rings is 1.